The van der Waals surface area contributed by atoms with Gasteiger partial charge in [-0.2, -0.15) is 0 Å². The number of ether oxygens (including phenoxy) is 1. The van der Waals surface area contributed by atoms with Crippen LogP contribution in [0.25, 0.3) is 6.08 Å². The molecule has 1 rings (SSSR count). The highest BCUT2D eigenvalue weighted by Crippen LogP contribution is 2.23. The van der Waals surface area contributed by atoms with Crippen LogP contribution in [0.1, 0.15) is 5.56 Å². The third-order valence-corrected chi connectivity index (χ3v) is 1.53. The number of primary amides is 1. The molecule has 0 aliphatic rings. The molecule has 0 radical (unpaired) electrons. The number of amides is 1. The van der Waals surface area contributed by atoms with Gasteiger partial charge in [0.15, 0.2) is 0 Å². The molecule has 0 saturated heterocycles. The van der Waals surface area contributed by atoms with Crippen molar-refractivity contribution in [1.82, 2.24) is 0 Å². The van der Waals surface area contributed by atoms with Crippen LogP contribution in [0, 0.1) is 0 Å². The van der Waals surface area contributed by atoms with E-state index in [0.717, 1.165) is 18.2 Å². The Morgan fingerprint density at radius 3 is 2.62 bits per heavy atom. The first kappa shape index (κ1) is 12.1. The van der Waals surface area contributed by atoms with E-state index in [4.69, 9.17) is 5.73 Å². The van der Waals surface area contributed by atoms with Crippen molar-refractivity contribution in [1.29, 1.82) is 0 Å². The first-order valence-electron chi connectivity index (χ1n) is 4.20. The van der Waals surface area contributed by atoms with Crippen LogP contribution in [0.5, 0.6) is 5.75 Å². The summed E-state index contributed by atoms with van der Waals surface area (Å²) in [6.07, 6.45) is -2.38. The maximum Gasteiger partial charge on any atom is 0.573 e. The quantitative estimate of drug-likeness (QED) is 0.809. The number of benzene rings is 1. The summed E-state index contributed by atoms with van der Waals surface area (Å²) < 4.78 is 39.3. The average Bonchev–Trinajstić information content (AvgIpc) is 2.12. The Hall–Kier alpha value is -1.98. The molecule has 1 aromatic rings. The summed E-state index contributed by atoms with van der Waals surface area (Å²) in [6, 6.07) is 5.20. The normalized spacial score (nSPS) is 11.7. The first-order valence-corrected chi connectivity index (χ1v) is 4.20. The summed E-state index contributed by atoms with van der Waals surface area (Å²) in [6.45, 7) is 0. The van der Waals surface area contributed by atoms with Gasteiger partial charge in [-0.05, 0) is 23.8 Å². The molecule has 0 fully saturated rings. The van der Waals surface area contributed by atoms with E-state index in [2.05, 4.69) is 4.74 Å². The minimum atomic E-state index is -4.73. The molecule has 0 bridgehead atoms. The molecule has 2 N–H and O–H groups in total. The van der Waals surface area contributed by atoms with Crippen LogP contribution in [0.15, 0.2) is 30.3 Å². The molecule has 1 aromatic carbocycles. The first-order chi connectivity index (χ1) is 7.37. The van der Waals surface area contributed by atoms with E-state index in [0.29, 0.717) is 5.56 Å². The van der Waals surface area contributed by atoms with Crippen molar-refractivity contribution in [2.24, 2.45) is 5.73 Å². The summed E-state index contributed by atoms with van der Waals surface area (Å²) in [5.74, 6) is -1.03. The smallest absolute Gasteiger partial charge is 0.406 e. The van der Waals surface area contributed by atoms with Gasteiger partial charge in [0.05, 0.1) is 0 Å². The standard InChI is InChI=1S/C10H8F3NO2/c11-10(12,13)16-8-3-1-2-7(6-8)4-5-9(14)15/h1-6H,(H2,14,15). The van der Waals surface area contributed by atoms with Gasteiger partial charge in [0.2, 0.25) is 5.91 Å². The molecule has 3 nitrogen and oxygen atoms in total. The average molecular weight is 231 g/mol. The highest BCUT2D eigenvalue weighted by molar-refractivity contribution is 5.90. The number of carbonyl (C=O) groups excluding carboxylic acids is 1. The van der Waals surface area contributed by atoms with Crippen molar-refractivity contribution in [3.05, 3.63) is 35.9 Å². The summed E-state index contributed by atoms with van der Waals surface area (Å²) in [5.41, 5.74) is 5.23. The lowest BCUT2D eigenvalue weighted by Crippen LogP contribution is -2.17. The lowest BCUT2D eigenvalue weighted by molar-refractivity contribution is -0.274. The maximum absolute atomic E-state index is 11.9. The molecular formula is C10H8F3NO2. The lowest BCUT2D eigenvalue weighted by atomic mass is 10.2. The van der Waals surface area contributed by atoms with Gasteiger partial charge in [0, 0.05) is 6.08 Å². The van der Waals surface area contributed by atoms with Crippen molar-refractivity contribution in [2.75, 3.05) is 0 Å². The lowest BCUT2D eigenvalue weighted by Gasteiger charge is -2.08. The van der Waals surface area contributed by atoms with Gasteiger partial charge in [0.1, 0.15) is 5.75 Å². The molecule has 16 heavy (non-hydrogen) atoms. The Balaban J connectivity index is 2.83. The van der Waals surface area contributed by atoms with Gasteiger partial charge in [-0.1, -0.05) is 12.1 Å². The molecule has 0 atom stereocenters. The fourth-order valence-electron chi connectivity index (χ4n) is 0.994. The van der Waals surface area contributed by atoms with Crippen LogP contribution in [-0.4, -0.2) is 12.3 Å². The van der Waals surface area contributed by atoms with E-state index in [1.54, 1.807) is 0 Å². The number of hydrogen-bond acceptors (Lipinski definition) is 2. The van der Waals surface area contributed by atoms with Gasteiger partial charge < -0.3 is 10.5 Å². The molecule has 0 heterocycles. The van der Waals surface area contributed by atoms with E-state index in [1.165, 1.54) is 18.2 Å². The zero-order valence-corrected chi connectivity index (χ0v) is 7.99. The number of carbonyl (C=O) groups is 1. The van der Waals surface area contributed by atoms with E-state index >= 15 is 0 Å². The molecule has 0 aliphatic heterocycles. The molecule has 0 spiro atoms. The number of rotatable bonds is 3. The molecule has 0 aromatic heterocycles. The van der Waals surface area contributed by atoms with Gasteiger partial charge >= 0.3 is 6.36 Å². The van der Waals surface area contributed by atoms with Crippen LogP contribution in [0.3, 0.4) is 0 Å². The number of hydrogen-bond donors (Lipinski definition) is 1. The predicted molar refractivity (Wildman–Crippen MR) is 51.4 cm³/mol. The third kappa shape index (κ3) is 4.50. The Bertz CT molecular complexity index is 413. The van der Waals surface area contributed by atoms with Crippen molar-refractivity contribution in [3.8, 4) is 5.75 Å². The summed E-state index contributed by atoms with van der Waals surface area (Å²) in [4.78, 5) is 10.4. The zero-order valence-electron chi connectivity index (χ0n) is 7.99. The topological polar surface area (TPSA) is 52.3 Å². The molecular weight excluding hydrogens is 223 g/mol. The molecule has 0 unspecified atom stereocenters. The zero-order chi connectivity index (χ0) is 12.2. The predicted octanol–water partition coefficient (Wildman–Crippen LogP) is 2.08. The number of halogens is 3. The molecule has 6 heteroatoms. The second kappa shape index (κ2) is 4.69. The maximum atomic E-state index is 11.9. The Labute approximate surface area is 89.3 Å². The second-order valence-corrected chi connectivity index (χ2v) is 2.86. The van der Waals surface area contributed by atoms with Crippen molar-refractivity contribution < 1.29 is 22.7 Å². The van der Waals surface area contributed by atoms with Crippen molar-refractivity contribution in [3.63, 3.8) is 0 Å². The fourth-order valence-corrected chi connectivity index (χ4v) is 0.994. The van der Waals surface area contributed by atoms with Gasteiger partial charge in [-0.15, -0.1) is 13.2 Å². The summed E-state index contributed by atoms with van der Waals surface area (Å²) >= 11 is 0. The Morgan fingerprint density at radius 2 is 2.06 bits per heavy atom. The summed E-state index contributed by atoms with van der Waals surface area (Å²) in [7, 11) is 0. The highest BCUT2D eigenvalue weighted by Gasteiger charge is 2.30. The van der Waals surface area contributed by atoms with Gasteiger partial charge in [-0.3, -0.25) is 4.79 Å². The minimum absolute atomic E-state index is 0.348. The SMILES string of the molecule is NC(=O)C=Cc1cccc(OC(F)(F)F)c1. The molecule has 0 saturated carbocycles. The number of alkyl halides is 3. The van der Waals surface area contributed by atoms with E-state index in [9.17, 15) is 18.0 Å². The molecule has 86 valence electrons. The summed E-state index contributed by atoms with van der Waals surface area (Å²) in [5, 5.41) is 0. The van der Waals surface area contributed by atoms with Crippen molar-refractivity contribution in [2.45, 2.75) is 6.36 Å². The Kier molecular flexibility index (Phi) is 3.55. The van der Waals surface area contributed by atoms with E-state index in [-0.39, 0.29) is 5.75 Å². The molecule has 0 aliphatic carbocycles. The van der Waals surface area contributed by atoms with Crippen LogP contribution in [0.2, 0.25) is 0 Å². The van der Waals surface area contributed by atoms with E-state index < -0.39 is 12.3 Å². The molecule has 1 amide bonds. The monoisotopic (exact) mass is 231 g/mol. The van der Waals surface area contributed by atoms with Crippen molar-refractivity contribution >= 4 is 12.0 Å². The largest absolute Gasteiger partial charge is 0.573 e. The minimum Gasteiger partial charge on any atom is -0.406 e. The van der Waals surface area contributed by atoms with Crippen LogP contribution < -0.4 is 10.5 Å². The van der Waals surface area contributed by atoms with Crippen LogP contribution in [0.4, 0.5) is 13.2 Å². The van der Waals surface area contributed by atoms with Crippen LogP contribution >= 0.6 is 0 Å². The van der Waals surface area contributed by atoms with Gasteiger partial charge in [-0.25, -0.2) is 0 Å². The van der Waals surface area contributed by atoms with Gasteiger partial charge in [0.25, 0.3) is 0 Å². The van der Waals surface area contributed by atoms with E-state index in [1.807, 2.05) is 0 Å². The highest BCUT2D eigenvalue weighted by atomic mass is 19.4. The second-order valence-electron chi connectivity index (χ2n) is 2.86. The fraction of sp³-hybridized carbons (Fsp3) is 0.100. The third-order valence-electron chi connectivity index (χ3n) is 1.53. The number of nitrogens with two attached hydrogens (primary N) is 1. The van der Waals surface area contributed by atoms with Crippen LogP contribution in [-0.2, 0) is 4.79 Å². The Morgan fingerprint density at radius 1 is 1.38 bits per heavy atom.